The Morgan fingerprint density at radius 1 is 1.53 bits per heavy atom. The van der Waals surface area contributed by atoms with Gasteiger partial charge < -0.3 is 10.5 Å². The number of nitrogens with zero attached hydrogens (tertiary/aromatic N) is 4. The molecule has 88 valence electrons. The number of ether oxygens (including phenoxy) is 1. The quantitative estimate of drug-likeness (QED) is 0.803. The summed E-state index contributed by atoms with van der Waals surface area (Å²) >= 11 is 4.79. The highest BCUT2D eigenvalue weighted by atomic mass is 32.1. The van der Waals surface area contributed by atoms with Crippen molar-refractivity contribution in [2.75, 3.05) is 6.61 Å². The van der Waals surface area contributed by atoms with Gasteiger partial charge in [-0.1, -0.05) is 18.3 Å². The minimum Gasteiger partial charge on any atom is -0.478 e. The number of hydrogen-bond donors (Lipinski definition) is 1. The Morgan fingerprint density at radius 2 is 2.35 bits per heavy atom. The Balaban J connectivity index is 2.31. The van der Waals surface area contributed by atoms with Crippen molar-refractivity contribution >= 4 is 17.2 Å². The Kier molecular flexibility index (Phi) is 3.29. The maximum Gasteiger partial charge on any atom is 0.215 e. The molecule has 0 saturated heterocycles. The monoisotopic (exact) mass is 249 g/mol. The first-order valence-electron chi connectivity index (χ1n) is 5.02. The topological polar surface area (TPSA) is 78.9 Å². The first kappa shape index (κ1) is 11.5. The number of nitrogens with two attached hydrogens (primary N) is 1. The van der Waals surface area contributed by atoms with Gasteiger partial charge in [0.05, 0.1) is 6.61 Å². The molecule has 0 fully saturated rings. The van der Waals surface area contributed by atoms with E-state index < -0.39 is 0 Å². The molecule has 0 aliphatic rings. The normalized spacial score (nSPS) is 10.2. The standard InChI is InChI=1S/C10H11N5OS/c1-2-16-8-5-3-4-7(13-8)15-6-12-10(14-15)9(11)17/h3-6H,2H2,1H3,(H2,11,17). The average molecular weight is 249 g/mol. The van der Waals surface area contributed by atoms with Crippen molar-refractivity contribution in [2.45, 2.75) is 6.92 Å². The summed E-state index contributed by atoms with van der Waals surface area (Å²) in [5.74, 6) is 1.46. The molecule has 0 radical (unpaired) electrons. The summed E-state index contributed by atoms with van der Waals surface area (Å²) in [4.78, 5) is 8.39. The molecule has 2 rings (SSSR count). The molecule has 0 bridgehead atoms. The molecule has 17 heavy (non-hydrogen) atoms. The van der Waals surface area contributed by atoms with Crippen LogP contribution in [0.4, 0.5) is 0 Å². The predicted octanol–water partition coefficient (Wildman–Crippen LogP) is 0.695. The van der Waals surface area contributed by atoms with Crippen LogP contribution in [-0.4, -0.2) is 31.3 Å². The highest BCUT2D eigenvalue weighted by molar-refractivity contribution is 7.80. The zero-order valence-corrected chi connectivity index (χ0v) is 10.0. The molecule has 0 amide bonds. The molecule has 0 aliphatic heterocycles. The SMILES string of the molecule is CCOc1cccc(-n2cnc(C(N)=S)n2)n1. The second-order valence-corrected chi connectivity index (χ2v) is 3.58. The van der Waals surface area contributed by atoms with Gasteiger partial charge in [-0.15, -0.1) is 5.10 Å². The molecule has 0 spiro atoms. The zero-order chi connectivity index (χ0) is 12.3. The van der Waals surface area contributed by atoms with Crippen LogP contribution in [0.25, 0.3) is 5.82 Å². The van der Waals surface area contributed by atoms with Gasteiger partial charge in [-0.05, 0) is 13.0 Å². The molecular formula is C10H11N5OS. The molecule has 2 aromatic heterocycles. The summed E-state index contributed by atoms with van der Waals surface area (Å²) in [5.41, 5.74) is 5.43. The third-order valence-corrected chi connectivity index (χ3v) is 2.13. The van der Waals surface area contributed by atoms with E-state index in [1.54, 1.807) is 12.1 Å². The molecule has 7 heteroatoms. The number of hydrogen-bond acceptors (Lipinski definition) is 5. The molecule has 0 aliphatic carbocycles. The predicted molar refractivity (Wildman–Crippen MR) is 66.2 cm³/mol. The van der Waals surface area contributed by atoms with Crippen LogP contribution in [0.2, 0.25) is 0 Å². The fourth-order valence-corrected chi connectivity index (χ4v) is 1.34. The Labute approximate surface area is 103 Å². The maximum atomic E-state index is 5.43. The Bertz CT molecular complexity index is 539. The van der Waals surface area contributed by atoms with E-state index in [0.717, 1.165) is 0 Å². The van der Waals surface area contributed by atoms with Crippen molar-refractivity contribution in [1.29, 1.82) is 0 Å². The molecule has 0 aromatic carbocycles. The van der Waals surface area contributed by atoms with Crippen molar-refractivity contribution < 1.29 is 4.74 Å². The average Bonchev–Trinajstić information content (AvgIpc) is 2.79. The third kappa shape index (κ3) is 2.56. The van der Waals surface area contributed by atoms with Crippen molar-refractivity contribution in [1.82, 2.24) is 19.7 Å². The van der Waals surface area contributed by atoms with Crippen LogP contribution in [0.15, 0.2) is 24.5 Å². The van der Waals surface area contributed by atoms with Crippen LogP contribution < -0.4 is 10.5 Å². The zero-order valence-electron chi connectivity index (χ0n) is 9.20. The lowest BCUT2D eigenvalue weighted by Gasteiger charge is -2.03. The van der Waals surface area contributed by atoms with Crippen LogP contribution in [0.1, 0.15) is 12.7 Å². The molecule has 0 saturated carbocycles. The summed E-state index contributed by atoms with van der Waals surface area (Å²) in [7, 11) is 0. The van der Waals surface area contributed by atoms with Crippen LogP contribution in [0, 0.1) is 0 Å². The van der Waals surface area contributed by atoms with E-state index in [9.17, 15) is 0 Å². The van der Waals surface area contributed by atoms with E-state index in [-0.39, 0.29) is 4.99 Å². The minimum atomic E-state index is 0.157. The van der Waals surface area contributed by atoms with Gasteiger partial charge in [0.25, 0.3) is 0 Å². The molecule has 6 nitrogen and oxygen atoms in total. The van der Waals surface area contributed by atoms with Gasteiger partial charge in [0.1, 0.15) is 11.3 Å². The fourth-order valence-electron chi connectivity index (χ4n) is 1.25. The number of pyridine rings is 1. The van der Waals surface area contributed by atoms with E-state index >= 15 is 0 Å². The summed E-state index contributed by atoms with van der Waals surface area (Å²) in [6.07, 6.45) is 1.51. The van der Waals surface area contributed by atoms with Crippen molar-refractivity contribution in [3.63, 3.8) is 0 Å². The van der Waals surface area contributed by atoms with Crippen LogP contribution in [-0.2, 0) is 0 Å². The lowest BCUT2D eigenvalue weighted by molar-refractivity contribution is 0.326. The summed E-state index contributed by atoms with van der Waals surface area (Å²) in [6, 6.07) is 5.40. The van der Waals surface area contributed by atoms with E-state index in [1.165, 1.54) is 11.0 Å². The van der Waals surface area contributed by atoms with E-state index in [0.29, 0.717) is 24.1 Å². The van der Waals surface area contributed by atoms with Gasteiger partial charge in [0, 0.05) is 6.07 Å². The molecule has 0 unspecified atom stereocenters. The molecule has 2 N–H and O–H groups in total. The summed E-state index contributed by atoms with van der Waals surface area (Å²) in [5, 5.41) is 4.10. The van der Waals surface area contributed by atoms with Gasteiger partial charge in [0.15, 0.2) is 5.82 Å². The molecule has 2 aromatic rings. The minimum absolute atomic E-state index is 0.157. The number of aromatic nitrogens is 4. The van der Waals surface area contributed by atoms with Gasteiger partial charge >= 0.3 is 0 Å². The van der Waals surface area contributed by atoms with Gasteiger partial charge in [-0.3, -0.25) is 0 Å². The summed E-state index contributed by atoms with van der Waals surface area (Å²) in [6.45, 7) is 2.46. The first-order chi connectivity index (χ1) is 8.20. The van der Waals surface area contributed by atoms with E-state index in [2.05, 4.69) is 15.1 Å². The summed E-state index contributed by atoms with van der Waals surface area (Å²) < 4.78 is 6.80. The fraction of sp³-hybridized carbons (Fsp3) is 0.200. The van der Waals surface area contributed by atoms with Crippen molar-refractivity contribution in [2.24, 2.45) is 5.73 Å². The lowest BCUT2D eigenvalue weighted by atomic mass is 10.4. The molecular weight excluding hydrogens is 238 g/mol. The van der Waals surface area contributed by atoms with Crippen LogP contribution in [0.3, 0.4) is 0 Å². The van der Waals surface area contributed by atoms with Crippen molar-refractivity contribution in [3.05, 3.63) is 30.4 Å². The third-order valence-electron chi connectivity index (χ3n) is 1.95. The van der Waals surface area contributed by atoms with Crippen molar-refractivity contribution in [3.8, 4) is 11.7 Å². The second kappa shape index (κ2) is 4.88. The van der Waals surface area contributed by atoms with Gasteiger partial charge in [-0.2, -0.15) is 4.98 Å². The lowest BCUT2D eigenvalue weighted by Crippen LogP contribution is -2.12. The second-order valence-electron chi connectivity index (χ2n) is 3.14. The van der Waals surface area contributed by atoms with Crippen LogP contribution >= 0.6 is 12.2 Å². The van der Waals surface area contributed by atoms with E-state index in [1.807, 2.05) is 13.0 Å². The highest BCUT2D eigenvalue weighted by Gasteiger charge is 2.06. The van der Waals surface area contributed by atoms with Gasteiger partial charge in [0.2, 0.25) is 11.7 Å². The van der Waals surface area contributed by atoms with Crippen LogP contribution in [0.5, 0.6) is 5.88 Å². The largest absolute Gasteiger partial charge is 0.478 e. The molecule has 0 atom stereocenters. The highest BCUT2D eigenvalue weighted by Crippen LogP contribution is 2.10. The smallest absolute Gasteiger partial charge is 0.215 e. The van der Waals surface area contributed by atoms with E-state index in [4.69, 9.17) is 22.7 Å². The Hall–Kier alpha value is -2.02. The maximum absolute atomic E-state index is 5.43. The Morgan fingerprint density at radius 3 is 3.00 bits per heavy atom. The molecule has 2 heterocycles. The first-order valence-corrected chi connectivity index (χ1v) is 5.43. The number of thiocarbonyl (C=S) groups is 1. The van der Waals surface area contributed by atoms with Gasteiger partial charge in [-0.25, -0.2) is 9.67 Å². The number of rotatable bonds is 4.